The van der Waals surface area contributed by atoms with Crippen LogP contribution >= 0.6 is 0 Å². The van der Waals surface area contributed by atoms with Crippen molar-refractivity contribution in [3.8, 4) is 28.0 Å². The van der Waals surface area contributed by atoms with Crippen LogP contribution in [-0.2, 0) is 0 Å². The van der Waals surface area contributed by atoms with E-state index in [4.69, 9.17) is 4.74 Å². The predicted molar refractivity (Wildman–Crippen MR) is 83.9 cm³/mol. The van der Waals surface area contributed by atoms with Crippen molar-refractivity contribution in [3.05, 3.63) is 78.9 Å². The van der Waals surface area contributed by atoms with Gasteiger partial charge in [0.2, 0.25) is 0 Å². The number of para-hydroxylation sites is 1. The minimum absolute atomic E-state index is 0.899. The van der Waals surface area contributed by atoms with E-state index in [0.717, 1.165) is 11.3 Å². The summed E-state index contributed by atoms with van der Waals surface area (Å²) >= 11 is 0. The first-order valence-electron chi connectivity index (χ1n) is 6.68. The molecule has 0 radical (unpaired) electrons. The molecule has 0 unspecified atom stereocenters. The molecule has 3 aromatic rings. The molecular weight excluding hydrogens is 244 g/mol. The van der Waals surface area contributed by atoms with Crippen molar-refractivity contribution in [3.63, 3.8) is 0 Å². The molecule has 0 saturated carbocycles. The summed E-state index contributed by atoms with van der Waals surface area (Å²) < 4.78 is 5.49. The van der Waals surface area contributed by atoms with Gasteiger partial charge in [0, 0.05) is 5.56 Å². The second-order valence-electron chi connectivity index (χ2n) is 4.61. The first kappa shape index (κ1) is 12.5. The highest BCUT2D eigenvalue weighted by molar-refractivity contribution is 5.85. The normalized spacial score (nSPS) is 10.2. The van der Waals surface area contributed by atoms with Crippen LogP contribution < -0.4 is 4.74 Å². The number of methoxy groups -OCH3 is 1. The van der Waals surface area contributed by atoms with Crippen LogP contribution in [0.1, 0.15) is 0 Å². The average Bonchev–Trinajstić information content (AvgIpc) is 2.55. The lowest BCUT2D eigenvalue weighted by Crippen LogP contribution is -1.89. The highest BCUT2D eigenvalue weighted by Gasteiger charge is 2.10. The van der Waals surface area contributed by atoms with Crippen molar-refractivity contribution in [2.45, 2.75) is 0 Å². The smallest absolute Gasteiger partial charge is 0.126 e. The van der Waals surface area contributed by atoms with E-state index in [-0.39, 0.29) is 0 Å². The number of benzene rings is 3. The number of ether oxygens (including phenoxy) is 1. The molecule has 0 saturated heterocycles. The first-order chi connectivity index (χ1) is 9.90. The molecule has 0 aromatic heterocycles. The Balaban J connectivity index is 2.20. The van der Waals surface area contributed by atoms with Crippen molar-refractivity contribution >= 4 is 0 Å². The van der Waals surface area contributed by atoms with Crippen LogP contribution in [-0.4, -0.2) is 7.11 Å². The van der Waals surface area contributed by atoms with E-state index in [0.29, 0.717) is 0 Å². The zero-order chi connectivity index (χ0) is 13.8. The summed E-state index contributed by atoms with van der Waals surface area (Å²) in [6, 6.07) is 27.0. The summed E-state index contributed by atoms with van der Waals surface area (Å²) in [5.74, 6) is 0.899. The topological polar surface area (TPSA) is 9.23 Å². The molecule has 0 fully saturated rings. The zero-order valence-corrected chi connectivity index (χ0v) is 11.4. The molecule has 3 rings (SSSR count). The summed E-state index contributed by atoms with van der Waals surface area (Å²) in [5, 5.41) is 0. The Morgan fingerprint density at radius 1 is 0.550 bits per heavy atom. The second-order valence-corrected chi connectivity index (χ2v) is 4.61. The van der Waals surface area contributed by atoms with Gasteiger partial charge in [0.15, 0.2) is 0 Å². The quantitative estimate of drug-likeness (QED) is 0.641. The van der Waals surface area contributed by atoms with E-state index in [1.54, 1.807) is 7.11 Å². The molecule has 1 heteroatoms. The fraction of sp³-hybridized carbons (Fsp3) is 0.0526. The Labute approximate surface area is 119 Å². The summed E-state index contributed by atoms with van der Waals surface area (Å²) in [6.45, 7) is 0. The SMILES string of the molecule is COc1ccccc1-c1ccccc1-c1ccccc1. The van der Waals surface area contributed by atoms with Crippen LogP contribution in [0, 0.1) is 0 Å². The summed E-state index contributed by atoms with van der Waals surface area (Å²) in [7, 11) is 1.71. The van der Waals surface area contributed by atoms with Gasteiger partial charge in [-0.1, -0.05) is 72.8 Å². The predicted octanol–water partition coefficient (Wildman–Crippen LogP) is 5.03. The molecule has 0 aliphatic carbocycles. The molecule has 0 spiro atoms. The van der Waals surface area contributed by atoms with Crippen molar-refractivity contribution in [2.24, 2.45) is 0 Å². The van der Waals surface area contributed by atoms with Gasteiger partial charge >= 0.3 is 0 Å². The van der Waals surface area contributed by atoms with E-state index in [2.05, 4.69) is 54.6 Å². The highest BCUT2D eigenvalue weighted by Crippen LogP contribution is 2.36. The monoisotopic (exact) mass is 260 g/mol. The van der Waals surface area contributed by atoms with Crippen LogP contribution in [0.4, 0.5) is 0 Å². The van der Waals surface area contributed by atoms with Gasteiger partial charge in [-0.15, -0.1) is 0 Å². The van der Waals surface area contributed by atoms with Crippen LogP contribution in [0.25, 0.3) is 22.3 Å². The number of hydrogen-bond acceptors (Lipinski definition) is 1. The maximum absolute atomic E-state index is 5.49. The third-order valence-corrected chi connectivity index (χ3v) is 3.41. The summed E-state index contributed by atoms with van der Waals surface area (Å²) in [5.41, 5.74) is 4.75. The second kappa shape index (κ2) is 5.62. The van der Waals surface area contributed by atoms with Crippen LogP contribution in [0.5, 0.6) is 5.75 Å². The lowest BCUT2D eigenvalue weighted by atomic mass is 9.94. The molecule has 20 heavy (non-hydrogen) atoms. The Kier molecular flexibility index (Phi) is 3.51. The standard InChI is InChI=1S/C19H16O/c1-20-19-14-8-7-13-18(19)17-12-6-5-11-16(17)15-9-3-2-4-10-15/h2-14H,1H3. The van der Waals surface area contributed by atoms with E-state index in [9.17, 15) is 0 Å². The fourth-order valence-electron chi connectivity index (χ4n) is 2.45. The molecule has 0 bridgehead atoms. The number of rotatable bonds is 3. The van der Waals surface area contributed by atoms with Crippen molar-refractivity contribution in [1.82, 2.24) is 0 Å². The minimum atomic E-state index is 0.899. The molecular formula is C19H16O. The molecule has 1 nitrogen and oxygen atoms in total. The molecule has 0 atom stereocenters. The fourth-order valence-corrected chi connectivity index (χ4v) is 2.45. The van der Waals surface area contributed by atoms with Crippen LogP contribution in [0.3, 0.4) is 0 Å². The van der Waals surface area contributed by atoms with Gasteiger partial charge in [0.1, 0.15) is 5.75 Å². The first-order valence-corrected chi connectivity index (χ1v) is 6.68. The lowest BCUT2D eigenvalue weighted by Gasteiger charge is -2.13. The Bertz CT molecular complexity index is 702. The van der Waals surface area contributed by atoms with E-state index < -0.39 is 0 Å². The average molecular weight is 260 g/mol. The number of hydrogen-bond donors (Lipinski definition) is 0. The zero-order valence-electron chi connectivity index (χ0n) is 11.4. The van der Waals surface area contributed by atoms with E-state index in [1.807, 2.05) is 24.3 Å². The highest BCUT2D eigenvalue weighted by atomic mass is 16.5. The third-order valence-electron chi connectivity index (χ3n) is 3.41. The van der Waals surface area contributed by atoms with Gasteiger partial charge in [0.05, 0.1) is 7.11 Å². The largest absolute Gasteiger partial charge is 0.496 e. The van der Waals surface area contributed by atoms with E-state index >= 15 is 0 Å². The third kappa shape index (κ3) is 2.30. The van der Waals surface area contributed by atoms with Crippen molar-refractivity contribution < 1.29 is 4.74 Å². The van der Waals surface area contributed by atoms with E-state index in [1.165, 1.54) is 16.7 Å². The van der Waals surface area contributed by atoms with Gasteiger partial charge in [-0.05, 0) is 22.8 Å². The van der Waals surface area contributed by atoms with Gasteiger partial charge < -0.3 is 4.74 Å². The van der Waals surface area contributed by atoms with Gasteiger partial charge in [0.25, 0.3) is 0 Å². The van der Waals surface area contributed by atoms with Crippen molar-refractivity contribution in [1.29, 1.82) is 0 Å². The molecule has 0 aliphatic rings. The maximum Gasteiger partial charge on any atom is 0.126 e. The summed E-state index contributed by atoms with van der Waals surface area (Å²) in [4.78, 5) is 0. The Hall–Kier alpha value is -2.54. The molecule has 0 N–H and O–H groups in total. The Morgan fingerprint density at radius 3 is 1.80 bits per heavy atom. The molecule has 0 aliphatic heterocycles. The van der Waals surface area contributed by atoms with Gasteiger partial charge in [-0.3, -0.25) is 0 Å². The Morgan fingerprint density at radius 2 is 1.10 bits per heavy atom. The van der Waals surface area contributed by atoms with Gasteiger partial charge in [-0.25, -0.2) is 0 Å². The minimum Gasteiger partial charge on any atom is -0.496 e. The molecule has 0 heterocycles. The van der Waals surface area contributed by atoms with Crippen LogP contribution in [0.2, 0.25) is 0 Å². The molecule has 3 aromatic carbocycles. The lowest BCUT2D eigenvalue weighted by molar-refractivity contribution is 0.416. The summed E-state index contributed by atoms with van der Waals surface area (Å²) in [6.07, 6.45) is 0. The molecule has 98 valence electrons. The van der Waals surface area contributed by atoms with Gasteiger partial charge in [-0.2, -0.15) is 0 Å². The molecule has 0 amide bonds. The van der Waals surface area contributed by atoms with Crippen molar-refractivity contribution in [2.75, 3.05) is 7.11 Å². The maximum atomic E-state index is 5.49. The van der Waals surface area contributed by atoms with Crippen LogP contribution in [0.15, 0.2) is 78.9 Å².